The van der Waals surface area contributed by atoms with Crippen LogP contribution in [0.4, 0.5) is 0 Å². The number of hydrogen-bond acceptors (Lipinski definition) is 5. The molecule has 2 aliphatic rings. The van der Waals surface area contributed by atoms with Gasteiger partial charge >= 0.3 is 0 Å². The van der Waals surface area contributed by atoms with E-state index in [0.717, 1.165) is 24.4 Å². The van der Waals surface area contributed by atoms with Gasteiger partial charge in [0.05, 0.1) is 22.7 Å². The highest BCUT2D eigenvalue weighted by atomic mass is 32.1. The fourth-order valence-corrected chi connectivity index (χ4v) is 4.45. The van der Waals surface area contributed by atoms with Crippen molar-refractivity contribution in [2.75, 3.05) is 26.7 Å². The zero-order valence-corrected chi connectivity index (χ0v) is 14.0. The Morgan fingerprint density at radius 1 is 1.45 bits per heavy atom. The fourth-order valence-electron chi connectivity index (χ4n) is 3.30. The first-order valence-corrected chi connectivity index (χ1v) is 9.07. The summed E-state index contributed by atoms with van der Waals surface area (Å²) in [7, 11) is 1.99. The number of carbonyl (C=O) groups excluding carboxylic acids is 1. The summed E-state index contributed by atoms with van der Waals surface area (Å²) in [4.78, 5) is 20.5. The van der Waals surface area contributed by atoms with Crippen LogP contribution in [-0.2, 0) is 24.1 Å². The molecule has 0 aromatic carbocycles. The Labute approximate surface area is 135 Å². The lowest BCUT2D eigenvalue weighted by Crippen LogP contribution is -2.49. The molecular formula is C16H25N3O2S. The van der Waals surface area contributed by atoms with Crippen molar-refractivity contribution in [3.05, 3.63) is 15.6 Å². The standard InChI is InChI=1S/C16H25N3O2S/c1-19-9-7-13(20)11(10-19)16(21)17-8-6-15-18-12-4-2-3-5-14(12)22-15/h11,13,20H,2-10H2,1H3,(H,17,21)/t11-,13-/m1/s1. The minimum Gasteiger partial charge on any atom is -0.392 e. The third-order valence-electron chi connectivity index (χ3n) is 4.64. The third-order valence-corrected chi connectivity index (χ3v) is 5.86. The van der Waals surface area contributed by atoms with E-state index >= 15 is 0 Å². The number of amides is 1. The normalized spacial score (nSPS) is 25.7. The lowest BCUT2D eigenvalue weighted by molar-refractivity contribution is -0.131. The highest BCUT2D eigenvalue weighted by molar-refractivity contribution is 7.11. The summed E-state index contributed by atoms with van der Waals surface area (Å²) >= 11 is 1.80. The van der Waals surface area contributed by atoms with Crippen LogP contribution in [0.5, 0.6) is 0 Å². The number of carbonyl (C=O) groups is 1. The number of aromatic nitrogens is 1. The maximum atomic E-state index is 12.2. The molecule has 2 atom stereocenters. The molecule has 0 spiro atoms. The van der Waals surface area contributed by atoms with E-state index in [9.17, 15) is 9.90 Å². The first kappa shape index (κ1) is 15.9. The van der Waals surface area contributed by atoms with Crippen molar-refractivity contribution < 1.29 is 9.90 Å². The van der Waals surface area contributed by atoms with Crippen LogP contribution >= 0.6 is 11.3 Å². The summed E-state index contributed by atoms with van der Waals surface area (Å²) < 4.78 is 0. The smallest absolute Gasteiger partial charge is 0.227 e. The van der Waals surface area contributed by atoms with Crippen LogP contribution in [0.15, 0.2) is 0 Å². The summed E-state index contributed by atoms with van der Waals surface area (Å²) in [6.45, 7) is 2.10. The summed E-state index contributed by atoms with van der Waals surface area (Å²) in [6.07, 6.45) is 5.76. The van der Waals surface area contributed by atoms with E-state index in [1.807, 2.05) is 7.05 Å². The van der Waals surface area contributed by atoms with Crippen LogP contribution in [-0.4, -0.2) is 53.7 Å². The SMILES string of the molecule is CN1CC[C@@H](O)[C@H](C(=O)NCCc2nc3c(s2)CCCC3)C1. The van der Waals surface area contributed by atoms with Crippen molar-refractivity contribution >= 4 is 17.2 Å². The van der Waals surface area contributed by atoms with E-state index in [-0.39, 0.29) is 11.8 Å². The molecule has 1 fully saturated rings. The number of nitrogens with zero attached hydrogens (tertiary/aromatic N) is 2. The zero-order valence-electron chi connectivity index (χ0n) is 13.2. The van der Waals surface area contributed by atoms with Gasteiger partial charge in [-0.05, 0) is 39.2 Å². The molecule has 1 aliphatic heterocycles. The molecule has 1 saturated heterocycles. The molecule has 2 heterocycles. The van der Waals surface area contributed by atoms with E-state index in [2.05, 4.69) is 10.2 Å². The number of fused-ring (bicyclic) bond motifs is 1. The fraction of sp³-hybridized carbons (Fsp3) is 0.750. The van der Waals surface area contributed by atoms with Crippen molar-refractivity contribution in [1.82, 2.24) is 15.2 Å². The lowest BCUT2D eigenvalue weighted by atomic mass is 9.94. The second kappa shape index (κ2) is 7.06. The Balaban J connectivity index is 1.48. The molecule has 122 valence electrons. The number of hydrogen-bond donors (Lipinski definition) is 2. The van der Waals surface area contributed by atoms with E-state index in [1.165, 1.54) is 29.8 Å². The van der Waals surface area contributed by atoms with Gasteiger partial charge in [0.2, 0.25) is 5.91 Å². The monoisotopic (exact) mass is 323 g/mol. The van der Waals surface area contributed by atoms with E-state index in [1.54, 1.807) is 11.3 Å². The van der Waals surface area contributed by atoms with Crippen molar-refractivity contribution in [3.8, 4) is 0 Å². The first-order chi connectivity index (χ1) is 10.6. The van der Waals surface area contributed by atoms with Gasteiger partial charge in [-0.1, -0.05) is 0 Å². The van der Waals surface area contributed by atoms with E-state index in [4.69, 9.17) is 4.98 Å². The molecule has 0 radical (unpaired) electrons. The minimum atomic E-state index is -0.511. The van der Waals surface area contributed by atoms with Gasteiger partial charge in [0.1, 0.15) is 0 Å². The second-order valence-electron chi connectivity index (χ2n) is 6.45. The molecule has 1 aromatic rings. The number of rotatable bonds is 4. The van der Waals surface area contributed by atoms with Gasteiger partial charge in [-0.3, -0.25) is 4.79 Å². The van der Waals surface area contributed by atoms with Crippen molar-refractivity contribution in [1.29, 1.82) is 0 Å². The van der Waals surface area contributed by atoms with Crippen LogP contribution in [0.25, 0.3) is 0 Å². The van der Waals surface area contributed by atoms with Gasteiger partial charge in [0, 0.05) is 30.9 Å². The average Bonchev–Trinajstić information content (AvgIpc) is 2.92. The van der Waals surface area contributed by atoms with Crippen LogP contribution in [0.2, 0.25) is 0 Å². The zero-order chi connectivity index (χ0) is 15.5. The van der Waals surface area contributed by atoms with Gasteiger partial charge in [0.25, 0.3) is 0 Å². The molecule has 6 heteroatoms. The molecule has 1 aromatic heterocycles. The van der Waals surface area contributed by atoms with Crippen LogP contribution < -0.4 is 5.32 Å². The maximum Gasteiger partial charge on any atom is 0.227 e. The Morgan fingerprint density at radius 3 is 3.09 bits per heavy atom. The van der Waals surface area contributed by atoms with Gasteiger partial charge in [-0.2, -0.15) is 0 Å². The molecule has 3 rings (SSSR count). The van der Waals surface area contributed by atoms with Crippen LogP contribution in [0.1, 0.15) is 34.8 Å². The molecule has 1 amide bonds. The molecule has 0 bridgehead atoms. The number of aryl methyl sites for hydroxylation is 2. The molecule has 22 heavy (non-hydrogen) atoms. The topological polar surface area (TPSA) is 65.5 Å². The quantitative estimate of drug-likeness (QED) is 0.867. The van der Waals surface area contributed by atoms with Crippen LogP contribution in [0.3, 0.4) is 0 Å². The molecular weight excluding hydrogens is 298 g/mol. The van der Waals surface area contributed by atoms with E-state index < -0.39 is 6.10 Å². The third kappa shape index (κ3) is 3.67. The van der Waals surface area contributed by atoms with Crippen molar-refractivity contribution in [2.24, 2.45) is 5.92 Å². The molecule has 0 unspecified atom stereocenters. The number of aliphatic hydroxyl groups is 1. The van der Waals surface area contributed by atoms with Gasteiger partial charge < -0.3 is 15.3 Å². The number of piperidine rings is 1. The molecule has 0 saturated carbocycles. The maximum absolute atomic E-state index is 12.2. The van der Waals surface area contributed by atoms with Crippen LogP contribution in [0, 0.1) is 5.92 Å². The van der Waals surface area contributed by atoms with Gasteiger partial charge in [-0.15, -0.1) is 11.3 Å². The van der Waals surface area contributed by atoms with Crippen molar-refractivity contribution in [3.63, 3.8) is 0 Å². The number of thiazole rings is 1. The summed E-state index contributed by atoms with van der Waals surface area (Å²) in [5, 5.41) is 14.1. The highest BCUT2D eigenvalue weighted by Crippen LogP contribution is 2.26. The summed E-state index contributed by atoms with van der Waals surface area (Å²) in [5.74, 6) is -0.330. The molecule has 1 aliphatic carbocycles. The minimum absolute atomic E-state index is 0.0274. The van der Waals surface area contributed by atoms with E-state index in [0.29, 0.717) is 19.5 Å². The Kier molecular flexibility index (Phi) is 5.10. The largest absolute Gasteiger partial charge is 0.392 e. The summed E-state index contributed by atoms with van der Waals surface area (Å²) in [5.41, 5.74) is 1.28. The lowest BCUT2D eigenvalue weighted by Gasteiger charge is -2.32. The Morgan fingerprint density at radius 2 is 2.27 bits per heavy atom. The predicted octanol–water partition coefficient (Wildman–Crippen LogP) is 0.993. The number of likely N-dealkylation sites (tertiary alicyclic amines) is 1. The van der Waals surface area contributed by atoms with Gasteiger partial charge in [-0.25, -0.2) is 4.98 Å². The Hall–Kier alpha value is -0.980. The summed E-state index contributed by atoms with van der Waals surface area (Å²) in [6, 6.07) is 0. The Bertz CT molecular complexity index is 508. The predicted molar refractivity (Wildman–Crippen MR) is 87.1 cm³/mol. The van der Waals surface area contributed by atoms with Gasteiger partial charge in [0.15, 0.2) is 0 Å². The molecule has 5 nitrogen and oxygen atoms in total. The first-order valence-electron chi connectivity index (χ1n) is 8.25. The number of nitrogens with one attached hydrogen (secondary N) is 1. The highest BCUT2D eigenvalue weighted by Gasteiger charge is 2.31. The second-order valence-corrected chi connectivity index (χ2v) is 7.62. The molecule has 2 N–H and O–H groups in total. The average molecular weight is 323 g/mol. The van der Waals surface area contributed by atoms with Crippen molar-refractivity contribution in [2.45, 2.75) is 44.6 Å². The number of aliphatic hydroxyl groups excluding tert-OH is 1.